The van der Waals surface area contributed by atoms with Gasteiger partial charge in [-0.05, 0) is 43.4 Å². The van der Waals surface area contributed by atoms with Crippen LogP contribution in [0, 0.1) is 17.8 Å². The van der Waals surface area contributed by atoms with Crippen LogP contribution in [0.4, 0.5) is 0 Å². The Kier molecular flexibility index (Phi) is 65.2. The Bertz CT molecular complexity index is 1860. The predicted octanol–water partition coefficient (Wildman–Crippen LogP) is 22.2. The molecule has 0 saturated heterocycles. The fourth-order valence-electron chi connectivity index (χ4n) is 11.5. The van der Waals surface area contributed by atoms with Gasteiger partial charge in [-0.25, -0.2) is 9.13 Å². The molecule has 19 heteroatoms. The van der Waals surface area contributed by atoms with E-state index in [9.17, 15) is 43.2 Å². The van der Waals surface area contributed by atoms with Gasteiger partial charge in [0.2, 0.25) is 0 Å². The molecule has 0 saturated carbocycles. The fourth-order valence-corrected chi connectivity index (χ4v) is 13.1. The maximum absolute atomic E-state index is 13.1. The summed E-state index contributed by atoms with van der Waals surface area (Å²) in [5.74, 6) is 0.240. The quantitative estimate of drug-likeness (QED) is 0.0222. The number of phosphoric ester groups is 2. The summed E-state index contributed by atoms with van der Waals surface area (Å²) in [6.45, 7) is 11.9. The van der Waals surface area contributed by atoms with Crippen molar-refractivity contribution in [3.63, 3.8) is 0 Å². The van der Waals surface area contributed by atoms with Crippen LogP contribution in [0.3, 0.4) is 0 Å². The summed E-state index contributed by atoms with van der Waals surface area (Å²) < 4.78 is 68.4. The van der Waals surface area contributed by atoms with Crippen LogP contribution in [-0.2, 0) is 65.4 Å². The summed E-state index contributed by atoms with van der Waals surface area (Å²) >= 11 is 0. The third kappa shape index (κ3) is 67.6. The molecule has 0 spiro atoms. The van der Waals surface area contributed by atoms with E-state index in [0.29, 0.717) is 25.7 Å². The average molecular weight is 1400 g/mol. The number of rotatable bonds is 74. The summed E-state index contributed by atoms with van der Waals surface area (Å²) in [5.41, 5.74) is 0. The number of unbranched alkanes of at least 4 members (excludes halogenated alkanes) is 40. The Morgan fingerprint density at radius 3 is 0.800 bits per heavy atom. The van der Waals surface area contributed by atoms with Crippen LogP contribution in [0.1, 0.15) is 389 Å². The molecule has 7 atom stereocenters. The number of aliphatic hydroxyl groups excluding tert-OH is 1. The molecule has 0 heterocycles. The van der Waals surface area contributed by atoms with Crippen molar-refractivity contribution in [3.8, 4) is 0 Å². The molecule has 564 valence electrons. The predicted molar refractivity (Wildman–Crippen MR) is 386 cm³/mol. The highest BCUT2D eigenvalue weighted by atomic mass is 31.2. The summed E-state index contributed by atoms with van der Waals surface area (Å²) in [6.07, 6.45) is 52.8. The number of carbonyl (C=O) groups excluding carboxylic acids is 4. The van der Waals surface area contributed by atoms with Crippen molar-refractivity contribution in [2.24, 2.45) is 17.8 Å². The Balaban J connectivity index is 5.18. The lowest BCUT2D eigenvalue weighted by Gasteiger charge is -2.21. The summed E-state index contributed by atoms with van der Waals surface area (Å²) in [5, 5.41) is 10.6. The van der Waals surface area contributed by atoms with Gasteiger partial charge in [-0.2, -0.15) is 0 Å². The third-order valence-corrected chi connectivity index (χ3v) is 20.3. The molecule has 0 fully saturated rings. The van der Waals surface area contributed by atoms with Crippen molar-refractivity contribution < 1.29 is 80.2 Å². The van der Waals surface area contributed by atoms with Crippen LogP contribution >= 0.6 is 15.6 Å². The molecule has 0 aliphatic rings. The van der Waals surface area contributed by atoms with E-state index in [1.54, 1.807) is 0 Å². The van der Waals surface area contributed by atoms with Crippen molar-refractivity contribution in [2.45, 2.75) is 407 Å². The minimum atomic E-state index is -4.96. The van der Waals surface area contributed by atoms with Gasteiger partial charge in [-0.3, -0.25) is 37.3 Å². The molecule has 0 aromatic carbocycles. The normalized spacial score (nSPS) is 14.6. The van der Waals surface area contributed by atoms with E-state index in [-0.39, 0.29) is 25.7 Å². The van der Waals surface area contributed by atoms with E-state index in [1.165, 1.54) is 199 Å². The van der Waals surface area contributed by atoms with E-state index in [4.69, 9.17) is 37.0 Å². The zero-order valence-electron chi connectivity index (χ0n) is 62.1. The molecule has 17 nitrogen and oxygen atoms in total. The second-order valence-corrected chi connectivity index (χ2v) is 31.3. The number of hydrogen-bond acceptors (Lipinski definition) is 15. The number of esters is 4. The lowest BCUT2D eigenvalue weighted by atomic mass is 9.99. The first-order chi connectivity index (χ1) is 45.8. The Morgan fingerprint density at radius 1 is 0.305 bits per heavy atom. The van der Waals surface area contributed by atoms with Crippen molar-refractivity contribution >= 4 is 39.5 Å². The number of phosphoric acid groups is 2. The molecule has 0 radical (unpaired) electrons. The first-order valence-corrected chi connectivity index (χ1v) is 42.4. The third-order valence-electron chi connectivity index (χ3n) is 18.4. The monoisotopic (exact) mass is 1400 g/mol. The molecular formula is C76H148O17P2. The van der Waals surface area contributed by atoms with Gasteiger partial charge in [-0.15, -0.1) is 0 Å². The number of aliphatic hydroxyl groups is 1. The number of hydrogen-bond donors (Lipinski definition) is 3. The molecular weight excluding hydrogens is 1250 g/mol. The Hall–Kier alpha value is -1.94. The van der Waals surface area contributed by atoms with Crippen molar-refractivity contribution in [2.75, 3.05) is 39.6 Å². The minimum Gasteiger partial charge on any atom is -0.462 e. The Labute approximate surface area is 581 Å². The highest BCUT2D eigenvalue weighted by molar-refractivity contribution is 7.47. The first-order valence-electron chi connectivity index (χ1n) is 39.4. The SMILES string of the molecule is CCCCCCCCCCCC(=O)OC[C@H](COP(=O)(O)OC[C@H](O)COP(=O)(O)OC[C@@H](COC(=O)CCCCCCCCCCCCCC(C)C)OC(=O)CCCCCCCCCCCCCCCCCCCCC(C)CC)OC(=O)CCCCCCCCC(C)CC. The van der Waals surface area contributed by atoms with Gasteiger partial charge in [0, 0.05) is 25.7 Å². The van der Waals surface area contributed by atoms with Crippen LogP contribution < -0.4 is 0 Å². The van der Waals surface area contributed by atoms with E-state index in [1.807, 2.05) is 0 Å². The molecule has 0 aliphatic heterocycles. The fraction of sp³-hybridized carbons (Fsp3) is 0.947. The Morgan fingerprint density at radius 2 is 0.537 bits per heavy atom. The summed E-state index contributed by atoms with van der Waals surface area (Å²) in [6, 6.07) is 0. The molecule has 0 amide bonds. The molecule has 0 aliphatic carbocycles. The van der Waals surface area contributed by atoms with Gasteiger partial charge in [-0.1, -0.05) is 337 Å². The molecule has 0 aromatic rings. The maximum Gasteiger partial charge on any atom is 0.472 e. The zero-order chi connectivity index (χ0) is 70.1. The van der Waals surface area contributed by atoms with Gasteiger partial charge >= 0.3 is 39.5 Å². The maximum atomic E-state index is 13.1. The molecule has 0 aromatic heterocycles. The van der Waals surface area contributed by atoms with E-state index in [0.717, 1.165) is 108 Å². The topological polar surface area (TPSA) is 237 Å². The largest absolute Gasteiger partial charge is 0.472 e. The molecule has 0 rings (SSSR count). The average Bonchev–Trinajstić information content (AvgIpc) is 1.42. The van der Waals surface area contributed by atoms with Crippen LogP contribution in [0.5, 0.6) is 0 Å². The lowest BCUT2D eigenvalue weighted by Crippen LogP contribution is -2.30. The summed E-state index contributed by atoms with van der Waals surface area (Å²) in [4.78, 5) is 72.7. The van der Waals surface area contributed by atoms with Gasteiger partial charge < -0.3 is 33.8 Å². The van der Waals surface area contributed by atoms with Gasteiger partial charge in [0.1, 0.15) is 19.3 Å². The number of ether oxygens (including phenoxy) is 4. The van der Waals surface area contributed by atoms with E-state index in [2.05, 4.69) is 48.5 Å². The van der Waals surface area contributed by atoms with Crippen LogP contribution in [0.25, 0.3) is 0 Å². The van der Waals surface area contributed by atoms with Crippen LogP contribution in [0.15, 0.2) is 0 Å². The van der Waals surface area contributed by atoms with Crippen LogP contribution in [-0.4, -0.2) is 96.7 Å². The number of carbonyl (C=O) groups is 4. The highest BCUT2D eigenvalue weighted by Crippen LogP contribution is 2.45. The van der Waals surface area contributed by atoms with Crippen molar-refractivity contribution in [3.05, 3.63) is 0 Å². The molecule has 4 unspecified atom stereocenters. The van der Waals surface area contributed by atoms with Gasteiger partial charge in [0.05, 0.1) is 26.4 Å². The van der Waals surface area contributed by atoms with Gasteiger partial charge in [0.25, 0.3) is 0 Å². The molecule has 3 N–H and O–H groups in total. The van der Waals surface area contributed by atoms with Crippen molar-refractivity contribution in [1.29, 1.82) is 0 Å². The second-order valence-electron chi connectivity index (χ2n) is 28.4. The second kappa shape index (κ2) is 66.6. The molecule has 0 bridgehead atoms. The molecule has 95 heavy (non-hydrogen) atoms. The van der Waals surface area contributed by atoms with E-state index < -0.39 is 97.5 Å². The first kappa shape index (κ1) is 93.1. The smallest absolute Gasteiger partial charge is 0.462 e. The van der Waals surface area contributed by atoms with E-state index >= 15 is 0 Å². The zero-order valence-corrected chi connectivity index (χ0v) is 63.9. The highest BCUT2D eigenvalue weighted by Gasteiger charge is 2.30. The van der Waals surface area contributed by atoms with Crippen molar-refractivity contribution in [1.82, 2.24) is 0 Å². The van der Waals surface area contributed by atoms with Crippen LogP contribution in [0.2, 0.25) is 0 Å². The van der Waals surface area contributed by atoms with Gasteiger partial charge in [0.15, 0.2) is 12.2 Å². The minimum absolute atomic E-state index is 0.103. The standard InChI is InChI=1S/C76H148O17P2/c1-8-11-12-13-14-28-35-43-50-57-73(78)86-64-72(93-76(81)60-53-46-39-38-42-49-56-69(7)10-3)66-91-95(84,85)89-62-70(77)61-88-94(82,83)90-65-71(63-87-74(79)58-51-44-36-31-27-23-24-29-33-40-47-54-67(4)5)92-75(80)59-52-45-37-32-26-22-20-18-16-15-17-19-21-25-30-34-41-48-55-68(6)9-2/h67-72,77H,8-66H2,1-7H3,(H,82,83)(H,84,85)/t68?,69?,70-,71-,72-/m1/s1. The summed E-state index contributed by atoms with van der Waals surface area (Å²) in [7, 11) is -9.91. The lowest BCUT2D eigenvalue weighted by molar-refractivity contribution is -0.161.